The van der Waals surface area contributed by atoms with Crippen LogP contribution in [0.15, 0.2) is 0 Å². The van der Waals surface area contributed by atoms with Crippen molar-refractivity contribution in [3.8, 4) is 0 Å². The van der Waals surface area contributed by atoms with Crippen molar-refractivity contribution in [2.75, 3.05) is 0 Å². The normalized spacial score (nSPS) is 28.6. The second-order valence-electron chi connectivity index (χ2n) is 8.98. The molecular weight excluding hydrogens is 452 g/mol. The highest BCUT2D eigenvalue weighted by molar-refractivity contribution is 5.88. The van der Waals surface area contributed by atoms with E-state index in [9.17, 15) is 44.7 Å². The van der Waals surface area contributed by atoms with Crippen molar-refractivity contribution < 1.29 is 44.7 Å². The number of alkyl halides is 8. The molecule has 2 aliphatic rings. The van der Waals surface area contributed by atoms with Gasteiger partial charge in [-0.15, -0.1) is 0 Å². The average molecular weight is 480 g/mol. The largest absolute Gasteiger partial charge is 0.393 e. The fourth-order valence-corrected chi connectivity index (χ4v) is 4.63. The van der Waals surface area contributed by atoms with Gasteiger partial charge >= 0.3 is 23.7 Å². The molecule has 0 aliphatic carbocycles. The van der Waals surface area contributed by atoms with E-state index in [2.05, 4.69) is 0 Å². The molecule has 0 unspecified atom stereocenters. The van der Waals surface area contributed by atoms with Crippen LogP contribution in [-0.4, -0.2) is 69.5 Å². The van der Waals surface area contributed by atoms with E-state index >= 15 is 0 Å². The van der Waals surface area contributed by atoms with Crippen LogP contribution in [0.2, 0.25) is 0 Å². The quantitative estimate of drug-likeness (QED) is 0.514. The molecule has 2 aliphatic heterocycles. The summed E-state index contributed by atoms with van der Waals surface area (Å²) >= 11 is 0. The van der Waals surface area contributed by atoms with Crippen LogP contribution in [0, 0.1) is 0 Å². The van der Waals surface area contributed by atoms with Gasteiger partial charge in [-0.2, -0.15) is 35.1 Å². The van der Waals surface area contributed by atoms with Gasteiger partial charge in [0.05, 0.1) is 0 Å². The molecule has 0 aromatic rings. The molecule has 4 atom stereocenters. The minimum absolute atomic E-state index is 0.160. The molecule has 2 amide bonds. The summed E-state index contributed by atoms with van der Waals surface area (Å²) in [6, 6.07) is -3.89. The van der Waals surface area contributed by atoms with Gasteiger partial charge < -0.3 is 9.80 Å². The molecule has 0 aromatic heterocycles. The van der Waals surface area contributed by atoms with Gasteiger partial charge in [-0.05, 0) is 66.2 Å². The highest BCUT2D eigenvalue weighted by atomic mass is 19.4. The third kappa shape index (κ3) is 3.95. The van der Waals surface area contributed by atoms with E-state index in [1.165, 1.54) is 27.7 Å². The number of piperidine rings is 2. The summed E-state index contributed by atoms with van der Waals surface area (Å²) in [5.74, 6) is -31.3. The van der Waals surface area contributed by atoms with Crippen molar-refractivity contribution in [1.82, 2.24) is 9.80 Å². The molecule has 32 heavy (non-hydrogen) atoms. The molecule has 0 bridgehead atoms. The standard InChI is InChI=1S/C20H28F8N2O2/c1-11-7-5-8-12(2)29(11)15(31)17(21,22)19(25,26)20(27,28)18(23,24)16(32)30-13(3)9-6-10-14(30)4/h11-14H,5-10H2,1-4H3/t11-,12-,13-,14-/m1/s1. The van der Waals surface area contributed by atoms with Crippen LogP contribution in [-0.2, 0) is 9.59 Å². The highest BCUT2D eigenvalue weighted by Crippen LogP contribution is 2.54. The summed E-state index contributed by atoms with van der Waals surface area (Å²) < 4.78 is 116. The van der Waals surface area contributed by atoms with Gasteiger partial charge in [0, 0.05) is 24.2 Å². The van der Waals surface area contributed by atoms with Crippen LogP contribution >= 0.6 is 0 Å². The second kappa shape index (κ2) is 8.62. The van der Waals surface area contributed by atoms with Crippen molar-refractivity contribution in [3.63, 3.8) is 0 Å². The zero-order valence-electron chi connectivity index (χ0n) is 18.3. The number of carbonyl (C=O) groups is 2. The fraction of sp³-hybridized carbons (Fsp3) is 0.900. The lowest BCUT2D eigenvalue weighted by Crippen LogP contribution is -2.71. The summed E-state index contributed by atoms with van der Waals surface area (Å²) in [6.07, 6.45) is 1.62. The number of nitrogens with zero attached hydrogens (tertiary/aromatic N) is 2. The van der Waals surface area contributed by atoms with E-state index in [4.69, 9.17) is 0 Å². The van der Waals surface area contributed by atoms with Gasteiger partial charge in [-0.3, -0.25) is 9.59 Å². The monoisotopic (exact) mass is 480 g/mol. The third-order valence-corrected chi connectivity index (χ3v) is 6.58. The molecular formula is C20H28F8N2O2. The molecule has 0 N–H and O–H groups in total. The number of carbonyl (C=O) groups excluding carboxylic acids is 2. The maximum atomic E-state index is 14.5. The smallest absolute Gasteiger partial charge is 0.332 e. The van der Waals surface area contributed by atoms with Crippen molar-refractivity contribution >= 4 is 11.8 Å². The van der Waals surface area contributed by atoms with Gasteiger partial charge in [0.1, 0.15) is 0 Å². The fourth-order valence-electron chi connectivity index (χ4n) is 4.63. The summed E-state index contributed by atoms with van der Waals surface area (Å²) in [5.41, 5.74) is 0. The topological polar surface area (TPSA) is 40.6 Å². The molecule has 2 heterocycles. The van der Waals surface area contributed by atoms with Gasteiger partial charge in [0.25, 0.3) is 11.8 Å². The van der Waals surface area contributed by atoms with Gasteiger partial charge in [-0.1, -0.05) is 0 Å². The molecule has 0 saturated carbocycles. The Kier molecular flexibility index (Phi) is 7.18. The Morgan fingerprint density at radius 3 is 1.00 bits per heavy atom. The van der Waals surface area contributed by atoms with Crippen LogP contribution < -0.4 is 0 Å². The van der Waals surface area contributed by atoms with Crippen molar-refractivity contribution in [2.45, 2.75) is 114 Å². The number of hydrogen-bond acceptors (Lipinski definition) is 2. The number of hydrogen-bond donors (Lipinski definition) is 0. The van der Waals surface area contributed by atoms with E-state index in [0.29, 0.717) is 22.6 Å². The highest BCUT2D eigenvalue weighted by Gasteiger charge is 2.85. The Bertz CT molecular complexity index is 650. The van der Waals surface area contributed by atoms with Crippen LogP contribution in [0.25, 0.3) is 0 Å². The number of likely N-dealkylation sites (tertiary alicyclic amines) is 2. The molecule has 2 rings (SSSR count). The lowest BCUT2D eigenvalue weighted by atomic mass is 9.91. The third-order valence-electron chi connectivity index (χ3n) is 6.58. The zero-order chi connectivity index (χ0) is 24.9. The molecule has 0 radical (unpaired) electrons. The average Bonchev–Trinajstić information content (AvgIpc) is 2.66. The van der Waals surface area contributed by atoms with Gasteiger partial charge in [-0.25, -0.2) is 0 Å². The predicted molar refractivity (Wildman–Crippen MR) is 99.0 cm³/mol. The van der Waals surface area contributed by atoms with Gasteiger partial charge in [0.15, 0.2) is 0 Å². The summed E-state index contributed by atoms with van der Waals surface area (Å²) in [5, 5.41) is 0. The Hall–Kier alpha value is -1.62. The van der Waals surface area contributed by atoms with Crippen LogP contribution in [0.5, 0.6) is 0 Å². The number of amides is 2. The number of rotatable bonds is 5. The van der Waals surface area contributed by atoms with E-state index in [1.807, 2.05) is 0 Å². The van der Waals surface area contributed by atoms with E-state index in [1.54, 1.807) is 0 Å². The minimum Gasteiger partial charge on any atom is -0.332 e. The number of halogens is 8. The summed E-state index contributed by atoms with van der Waals surface area (Å²) in [7, 11) is 0. The first-order valence-corrected chi connectivity index (χ1v) is 10.6. The molecule has 12 heteroatoms. The molecule has 0 spiro atoms. The lowest BCUT2D eigenvalue weighted by molar-refractivity contribution is -0.351. The molecule has 0 aromatic carbocycles. The lowest BCUT2D eigenvalue weighted by Gasteiger charge is -2.45. The van der Waals surface area contributed by atoms with Crippen LogP contribution in [0.1, 0.15) is 66.2 Å². The SMILES string of the molecule is C[C@@H]1CCC[C@@H](C)N1C(=O)C(F)(F)C(F)(F)C(F)(F)C(F)(F)C(=O)N1[C@H](C)CCC[C@H]1C. The van der Waals surface area contributed by atoms with Crippen LogP contribution in [0.4, 0.5) is 35.1 Å². The molecule has 186 valence electrons. The minimum atomic E-state index is -6.82. The van der Waals surface area contributed by atoms with E-state index in [-0.39, 0.29) is 25.7 Å². The predicted octanol–water partition coefficient (Wildman–Crippen LogP) is 5.11. The molecule has 2 fully saturated rings. The zero-order valence-corrected chi connectivity index (χ0v) is 18.3. The Morgan fingerprint density at radius 2 is 0.781 bits per heavy atom. The van der Waals surface area contributed by atoms with Crippen molar-refractivity contribution in [3.05, 3.63) is 0 Å². The van der Waals surface area contributed by atoms with Crippen molar-refractivity contribution in [1.29, 1.82) is 0 Å². The molecule has 2 saturated heterocycles. The maximum absolute atomic E-state index is 14.5. The van der Waals surface area contributed by atoms with Gasteiger partial charge in [0.2, 0.25) is 0 Å². The Morgan fingerprint density at radius 1 is 0.562 bits per heavy atom. The first-order valence-electron chi connectivity index (χ1n) is 10.6. The van der Waals surface area contributed by atoms with Crippen molar-refractivity contribution in [2.24, 2.45) is 0 Å². The first kappa shape index (κ1) is 26.6. The molecule has 4 nitrogen and oxygen atoms in total. The summed E-state index contributed by atoms with van der Waals surface area (Å²) in [4.78, 5) is 25.2. The first-order chi connectivity index (χ1) is 14.4. The second-order valence-corrected chi connectivity index (χ2v) is 8.98. The maximum Gasteiger partial charge on any atom is 0.393 e. The van der Waals surface area contributed by atoms with E-state index in [0.717, 1.165) is 0 Å². The summed E-state index contributed by atoms with van der Waals surface area (Å²) in [6.45, 7) is 5.10. The Labute approximate surface area is 181 Å². The van der Waals surface area contributed by atoms with Crippen LogP contribution in [0.3, 0.4) is 0 Å². The van der Waals surface area contributed by atoms with E-state index < -0.39 is 59.7 Å². The Balaban J connectivity index is 2.42.